The smallest absolute Gasteiger partial charge is 0.309 e. The van der Waals surface area contributed by atoms with Gasteiger partial charge in [-0.25, -0.2) is 12.7 Å². The summed E-state index contributed by atoms with van der Waals surface area (Å²) in [7, 11) is -3.15. The number of sulfonamides is 1. The van der Waals surface area contributed by atoms with Crippen LogP contribution in [0.2, 0.25) is 0 Å². The molecule has 1 saturated carbocycles. The number of esters is 1. The predicted molar refractivity (Wildman–Crippen MR) is 85.3 cm³/mol. The minimum Gasteiger partial charge on any atom is -0.461 e. The van der Waals surface area contributed by atoms with Crippen molar-refractivity contribution in [2.24, 2.45) is 17.3 Å². The standard InChI is InChI=1S/C16H27NO5S/c1-4-23(19,20)17-8-5-11(6-9-17)15(18)22-14-12-7-10-21-13(12)16(14,2)3/h11-14H,4-10H2,1-3H3/t12-,13-,14-/m1/s1. The Morgan fingerprint density at radius 1 is 1.26 bits per heavy atom. The Morgan fingerprint density at radius 3 is 2.52 bits per heavy atom. The van der Waals surface area contributed by atoms with Crippen molar-refractivity contribution in [3.8, 4) is 0 Å². The SMILES string of the molecule is CCS(=O)(=O)N1CCC(C(=O)O[C@@H]2[C@@H]3CCO[C@H]3C2(C)C)CC1. The van der Waals surface area contributed by atoms with Gasteiger partial charge < -0.3 is 9.47 Å². The van der Waals surface area contributed by atoms with Crippen LogP contribution in [0.15, 0.2) is 0 Å². The number of nitrogens with zero attached hydrogens (tertiary/aromatic N) is 1. The highest BCUT2D eigenvalue weighted by molar-refractivity contribution is 7.89. The number of carbonyl (C=O) groups excluding carboxylic acids is 1. The van der Waals surface area contributed by atoms with Crippen molar-refractivity contribution in [1.82, 2.24) is 4.31 Å². The zero-order chi connectivity index (χ0) is 16.8. The van der Waals surface area contributed by atoms with E-state index in [9.17, 15) is 13.2 Å². The summed E-state index contributed by atoms with van der Waals surface area (Å²) in [6, 6.07) is 0. The molecule has 0 aromatic carbocycles. The lowest BCUT2D eigenvalue weighted by molar-refractivity contribution is -0.213. The van der Waals surface area contributed by atoms with Gasteiger partial charge in [0.25, 0.3) is 0 Å². The van der Waals surface area contributed by atoms with E-state index in [4.69, 9.17) is 9.47 Å². The van der Waals surface area contributed by atoms with Crippen LogP contribution in [-0.2, 0) is 24.3 Å². The third-order valence-corrected chi connectivity index (χ3v) is 7.66. The van der Waals surface area contributed by atoms with Crippen molar-refractivity contribution in [1.29, 1.82) is 0 Å². The van der Waals surface area contributed by atoms with Gasteiger partial charge in [-0.1, -0.05) is 13.8 Å². The van der Waals surface area contributed by atoms with E-state index >= 15 is 0 Å². The maximum absolute atomic E-state index is 12.5. The van der Waals surface area contributed by atoms with Gasteiger partial charge in [0.2, 0.25) is 10.0 Å². The fraction of sp³-hybridized carbons (Fsp3) is 0.938. The Kier molecular flexibility index (Phi) is 4.48. The van der Waals surface area contributed by atoms with Crippen LogP contribution in [0.1, 0.15) is 40.0 Å². The average molecular weight is 345 g/mol. The monoisotopic (exact) mass is 345 g/mol. The van der Waals surface area contributed by atoms with Gasteiger partial charge in [0.05, 0.1) is 17.8 Å². The summed E-state index contributed by atoms with van der Waals surface area (Å²) in [6.45, 7) is 7.41. The highest BCUT2D eigenvalue weighted by Crippen LogP contribution is 2.54. The molecule has 0 unspecified atom stereocenters. The molecule has 0 spiro atoms. The Balaban J connectivity index is 1.54. The first kappa shape index (κ1) is 17.2. The van der Waals surface area contributed by atoms with Gasteiger partial charge in [-0.3, -0.25) is 4.79 Å². The maximum Gasteiger partial charge on any atom is 0.309 e. The third kappa shape index (κ3) is 2.91. The van der Waals surface area contributed by atoms with Crippen molar-refractivity contribution in [2.75, 3.05) is 25.4 Å². The van der Waals surface area contributed by atoms with Gasteiger partial charge in [-0.05, 0) is 26.2 Å². The fourth-order valence-corrected chi connectivity index (χ4v) is 5.42. The van der Waals surface area contributed by atoms with Gasteiger partial charge in [-0.2, -0.15) is 0 Å². The normalized spacial score (nSPS) is 34.7. The van der Waals surface area contributed by atoms with Crippen LogP contribution in [0.3, 0.4) is 0 Å². The molecule has 7 heteroatoms. The van der Waals surface area contributed by atoms with Gasteiger partial charge in [0, 0.05) is 31.0 Å². The van der Waals surface area contributed by atoms with Gasteiger partial charge in [0.15, 0.2) is 0 Å². The molecule has 2 saturated heterocycles. The molecule has 23 heavy (non-hydrogen) atoms. The number of rotatable bonds is 4. The average Bonchev–Trinajstić information content (AvgIpc) is 2.99. The molecule has 2 heterocycles. The molecule has 3 rings (SSSR count). The molecule has 6 nitrogen and oxygen atoms in total. The lowest BCUT2D eigenvalue weighted by Gasteiger charge is -2.53. The topological polar surface area (TPSA) is 72.9 Å². The van der Waals surface area contributed by atoms with Crippen molar-refractivity contribution < 1.29 is 22.7 Å². The third-order valence-electron chi connectivity index (χ3n) is 5.78. The molecule has 132 valence electrons. The van der Waals surface area contributed by atoms with E-state index in [2.05, 4.69) is 13.8 Å². The Morgan fingerprint density at radius 2 is 1.91 bits per heavy atom. The highest BCUT2D eigenvalue weighted by Gasteiger charge is 2.61. The number of ether oxygens (including phenoxy) is 2. The van der Waals surface area contributed by atoms with Crippen molar-refractivity contribution in [3.05, 3.63) is 0 Å². The van der Waals surface area contributed by atoms with Crippen molar-refractivity contribution >= 4 is 16.0 Å². The largest absolute Gasteiger partial charge is 0.461 e. The quantitative estimate of drug-likeness (QED) is 0.720. The fourth-order valence-electron chi connectivity index (χ4n) is 4.29. The number of fused-ring (bicyclic) bond motifs is 1. The van der Waals surface area contributed by atoms with Crippen LogP contribution < -0.4 is 0 Å². The summed E-state index contributed by atoms with van der Waals surface area (Å²) in [5, 5.41) is 0. The second kappa shape index (κ2) is 6.01. The Bertz CT molecular complexity index is 565. The summed E-state index contributed by atoms with van der Waals surface area (Å²) in [4.78, 5) is 12.5. The van der Waals surface area contributed by atoms with E-state index in [1.165, 1.54) is 4.31 Å². The molecular weight excluding hydrogens is 318 g/mol. The second-order valence-electron chi connectivity index (χ2n) is 7.50. The minimum absolute atomic E-state index is 0.0695. The van der Waals surface area contributed by atoms with E-state index < -0.39 is 10.0 Å². The molecule has 0 N–H and O–H groups in total. The zero-order valence-corrected chi connectivity index (χ0v) is 15.0. The van der Waals surface area contributed by atoms with Crippen molar-refractivity contribution in [2.45, 2.75) is 52.2 Å². The van der Waals surface area contributed by atoms with E-state index in [1.807, 2.05) is 0 Å². The highest BCUT2D eigenvalue weighted by atomic mass is 32.2. The molecule has 0 aromatic rings. The molecule has 0 bridgehead atoms. The lowest BCUT2D eigenvalue weighted by Crippen LogP contribution is -2.61. The van der Waals surface area contributed by atoms with Crippen LogP contribution in [0.25, 0.3) is 0 Å². The molecule has 1 aliphatic carbocycles. The maximum atomic E-state index is 12.5. The van der Waals surface area contributed by atoms with E-state index in [0.717, 1.165) is 13.0 Å². The predicted octanol–water partition coefficient (Wildman–Crippen LogP) is 1.40. The summed E-state index contributed by atoms with van der Waals surface area (Å²) >= 11 is 0. The van der Waals surface area contributed by atoms with E-state index in [0.29, 0.717) is 31.8 Å². The first-order valence-electron chi connectivity index (χ1n) is 8.57. The van der Waals surface area contributed by atoms with Crippen LogP contribution in [0.4, 0.5) is 0 Å². The van der Waals surface area contributed by atoms with Gasteiger partial charge in [0.1, 0.15) is 6.10 Å². The summed E-state index contributed by atoms with van der Waals surface area (Å²) in [5.74, 6) is 0.0912. The zero-order valence-electron chi connectivity index (χ0n) is 14.2. The van der Waals surface area contributed by atoms with E-state index in [-0.39, 0.29) is 35.3 Å². The molecule has 2 aliphatic heterocycles. The number of hydrogen-bond acceptors (Lipinski definition) is 5. The number of hydrogen-bond donors (Lipinski definition) is 0. The Labute approximate surface area is 138 Å². The minimum atomic E-state index is -3.15. The second-order valence-corrected chi connectivity index (χ2v) is 9.75. The molecule has 0 amide bonds. The molecule has 3 aliphatic rings. The molecule has 0 aromatic heterocycles. The summed E-state index contributed by atoms with van der Waals surface area (Å²) in [6.07, 6.45) is 2.20. The molecule has 3 fully saturated rings. The van der Waals surface area contributed by atoms with Crippen LogP contribution in [0, 0.1) is 17.3 Å². The Hall–Kier alpha value is -0.660. The number of carbonyl (C=O) groups is 1. The van der Waals surface area contributed by atoms with Crippen LogP contribution >= 0.6 is 0 Å². The summed E-state index contributed by atoms with van der Waals surface area (Å²) < 4.78 is 36.8. The first-order chi connectivity index (χ1) is 10.8. The number of piperidine rings is 1. The molecular formula is C16H27NO5S. The van der Waals surface area contributed by atoms with E-state index in [1.54, 1.807) is 6.92 Å². The molecule has 3 atom stereocenters. The molecule has 0 radical (unpaired) electrons. The summed E-state index contributed by atoms with van der Waals surface area (Å²) in [5.41, 5.74) is -0.122. The van der Waals surface area contributed by atoms with Crippen LogP contribution in [0.5, 0.6) is 0 Å². The van der Waals surface area contributed by atoms with Crippen molar-refractivity contribution in [3.63, 3.8) is 0 Å². The lowest BCUT2D eigenvalue weighted by atomic mass is 9.59. The van der Waals surface area contributed by atoms with Gasteiger partial charge in [-0.15, -0.1) is 0 Å². The first-order valence-corrected chi connectivity index (χ1v) is 10.2. The van der Waals surface area contributed by atoms with Crippen LogP contribution in [-0.4, -0.2) is 56.3 Å². The van der Waals surface area contributed by atoms with Gasteiger partial charge >= 0.3 is 5.97 Å².